The summed E-state index contributed by atoms with van der Waals surface area (Å²) in [6.45, 7) is 2.98. The van der Waals surface area contributed by atoms with E-state index in [2.05, 4.69) is 47.6 Å². The van der Waals surface area contributed by atoms with E-state index in [0.29, 0.717) is 0 Å². The maximum absolute atomic E-state index is 4.64. The highest BCUT2D eigenvalue weighted by Gasteiger charge is 2.21. The molecule has 0 saturated heterocycles. The van der Waals surface area contributed by atoms with Gasteiger partial charge in [-0.3, -0.25) is 0 Å². The molecule has 2 aromatic rings. The minimum absolute atomic E-state index is 0.737. The van der Waals surface area contributed by atoms with Crippen LogP contribution < -0.4 is 5.32 Å². The van der Waals surface area contributed by atoms with Crippen LogP contribution in [0.15, 0.2) is 30.3 Å². The molecule has 1 heterocycles. The van der Waals surface area contributed by atoms with Gasteiger partial charge in [-0.1, -0.05) is 30.3 Å². The topological polar surface area (TPSA) is 24.9 Å². The third-order valence-corrected chi connectivity index (χ3v) is 4.04. The molecule has 0 radical (unpaired) electrons. The average molecular weight is 244 g/mol. The molecule has 1 aromatic carbocycles. The van der Waals surface area contributed by atoms with Gasteiger partial charge >= 0.3 is 0 Å². The zero-order chi connectivity index (χ0) is 11.7. The number of aryl methyl sites for hydroxylation is 1. The Kier molecular flexibility index (Phi) is 2.95. The molecule has 1 N–H and O–H groups in total. The number of aromatic nitrogens is 1. The lowest BCUT2D eigenvalue weighted by Crippen LogP contribution is -2.16. The molecule has 0 atom stereocenters. The summed E-state index contributed by atoms with van der Waals surface area (Å²) in [5.41, 5.74) is 2.48. The van der Waals surface area contributed by atoms with Crippen LogP contribution in [0.4, 0.5) is 0 Å². The maximum Gasteiger partial charge on any atom is 0.0904 e. The Bertz CT molecular complexity index is 500. The predicted molar refractivity (Wildman–Crippen MR) is 72.1 cm³/mol. The Morgan fingerprint density at radius 2 is 2.06 bits per heavy atom. The van der Waals surface area contributed by atoms with E-state index in [9.17, 15) is 0 Å². The van der Waals surface area contributed by atoms with Crippen molar-refractivity contribution in [2.24, 2.45) is 0 Å². The zero-order valence-corrected chi connectivity index (χ0v) is 10.8. The van der Waals surface area contributed by atoms with Crippen molar-refractivity contribution >= 4 is 11.3 Å². The van der Waals surface area contributed by atoms with Crippen LogP contribution in [0.1, 0.15) is 23.5 Å². The first kappa shape index (κ1) is 10.9. The standard InChI is InChI=1S/C14H16N2S/c1-10-16-13(9-15-12-7-8-12)14(17-10)11-5-3-2-4-6-11/h2-6,12,15H,7-9H2,1H3. The molecule has 3 heteroatoms. The molecule has 1 aromatic heterocycles. The highest BCUT2D eigenvalue weighted by molar-refractivity contribution is 7.15. The number of hydrogen-bond donors (Lipinski definition) is 1. The van der Waals surface area contributed by atoms with E-state index in [1.807, 2.05) is 0 Å². The molecule has 1 aliphatic rings. The SMILES string of the molecule is Cc1nc(CNC2CC2)c(-c2ccccc2)s1. The molecule has 2 nitrogen and oxygen atoms in total. The van der Waals surface area contributed by atoms with Crippen molar-refractivity contribution < 1.29 is 0 Å². The van der Waals surface area contributed by atoms with Gasteiger partial charge in [0.25, 0.3) is 0 Å². The van der Waals surface area contributed by atoms with Crippen molar-refractivity contribution in [2.75, 3.05) is 0 Å². The van der Waals surface area contributed by atoms with Gasteiger partial charge in [-0.05, 0) is 25.3 Å². The maximum atomic E-state index is 4.64. The van der Waals surface area contributed by atoms with Crippen LogP contribution in [0.3, 0.4) is 0 Å². The quantitative estimate of drug-likeness (QED) is 0.892. The van der Waals surface area contributed by atoms with E-state index in [1.165, 1.54) is 29.0 Å². The highest BCUT2D eigenvalue weighted by Crippen LogP contribution is 2.30. The number of rotatable bonds is 4. The zero-order valence-electron chi connectivity index (χ0n) is 9.94. The summed E-state index contributed by atoms with van der Waals surface area (Å²) >= 11 is 1.79. The molecule has 0 bridgehead atoms. The second-order valence-corrected chi connectivity index (χ2v) is 5.73. The molecule has 0 spiro atoms. The number of hydrogen-bond acceptors (Lipinski definition) is 3. The van der Waals surface area contributed by atoms with E-state index in [-0.39, 0.29) is 0 Å². The Balaban J connectivity index is 1.86. The molecule has 0 amide bonds. The van der Waals surface area contributed by atoms with Gasteiger partial charge in [-0.15, -0.1) is 11.3 Å². The Hall–Kier alpha value is -1.19. The van der Waals surface area contributed by atoms with Gasteiger partial charge in [-0.2, -0.15) is 0 Å². The molecule has 0 unspecified atom stereocenters. The van der Waals surface area contributed by atoms with Gasteiger partial charge < -0.3 is 5.32 Å². The summed E-state index contributed by atoms with van der Waals surface area (Å²) < 4.78 is 0. The molecule has 3 rings (SSSR count). The number of nitrogens with one attached hydrogen (secondary N) is 1. The summed E-state index contributed by atoms with van der Waals surface area (Å²) in [6.07, 6.45) is 2.65. The third-order valence-electron chi connectivity index (χ3n) is 2.98. The fourth-order valence-electron chi connectivity index (χ4n) is 1.93. The minimum atomic E-state index is 0.737. The Morgan fingerprint density at radius 3 is 2.76 bits per heavy atom. The van der Waals surface area contributed by atoms with Crippen LogP contribution in [0.2, 0.25) is 0 Å². The first-order chi connectivity index (χ1) is 8.33. The fraction of sp³-hybridized carbons (Fsp3) is 0.357. The molecule has 0 aliphatic heterocycles. The monoisotopic (exact) mass is 244 g/mol. The smallest absolute Gasteiger partial charge is 0.0904 e. The number of thiazole rings is 1. The van der Waals surface area contributed by atoms with Gasteiger partial charge in [-0.25, -0.2) is 4.98 Å². The normalized spacial score (nSPS) is 15.1. The fourth-order valence-corrected chi connectivity index (χ4v) is 2.87. The van der Waals surface area contributed by atoms with Crippen LogP contribution in [0, 0.1) is 6.92 Å². The summed E-state index contributed by atoms with van der Waals surface area (Å²) in [7, 11) is 0. The lowest BCUT2D eigenvalue weighted by Gasteiger charge is -2.03. The van der Waals surface area contributed by atoms with Crippen molar-refractivity contribution in [3.8, 4) is 10.4 Å². The van der Waals surface area contributed by atoms with E-state index in [0.717, 1.165) is 17.6 Å². The minimum Gasteiger partial charge on any atom is -0.308 e. The molecule has 1 saturated carbocycles. The lowest BCUT2D eigenvalue weighted by molar-refractivity contribution is 0.677. The molecule has 88 valence electrons. The van der Waals surface area contributed by atoms with Gasteiger partial charge in [0.2, 0.25) is 0 Å². The highest BCUT2D eigenvalue weighted by atomic mass is 32.1. The van der Waals surface area contributed by atoms with Crippen LogP contribution >= 0.6 is 11.3 Å². The summed E-state index contributed by atoms with van der Waals surface area (Å²) in [5.74, 6) is 0. The second kappa shape index (κ2) is 4.59. The summed E-state index contributed by atoms with van der Waals surface area (Å²) in [6, 6.07) is 11.3. The van der Waals surface area contributed by atoms with Crippen molar-refractivity contribution in [3.63, 3.8) is 0 Å². The first-order valence-electron chi connectivity index (χ1n) is 6.08. The van der Waals surface area contributed by atoms with E-state index >= 15 is 0 Å². The van der Waals surface area contributed by atoms with Crippen LogP contribution in [0.25, 0.3) is 10.4 Å². The summed E-state index contributed by atoms with van der Waals surface area (Å²) in [5, 5.41) is 4.69. The van der Waals surface area contributed by atoms with Crippen molar-refractivity contribution in [1.82, 2.24) is 10.3 Å². The molecular formula is C14H16N2S. The molecule has 1 fully saturated rings. The number of benzene rings is 1. The van der Waals surface area contributed by atoms with E-state index in [1.54, 1.807) is 11.3 Å². The Morgan fingerprint density at radius 1 is 1.29 bits per heavy atom. The largest absolute Gasteiger partial charge is 0.308 e. The van der Waals surface area contributed by atoms with Crippen LogP contribution in [-0.4, -0.2) is 11.0 Å². The number of nitrogens with zero attached hydrogens (tertiary/aromatic N) is 1. The molecule has 1 aliphatic carbocycles. The Labute approximate surface area is 106 Å². The molecular weight excluding hydrogens is 228 g/mol. The van der Waals surface area contributed by atoms with E-state index in [4.69, 9.17) is 0 Å². The van der Waals surface area contributed by atoms with Gasteiger partial charge in [0.15, 0.2) is 0 Å². The van der Waals surface area contributed by atoms with Crippen LogP contribution in [-0.2, 0) is 6.54 Å². The third kappa shape index (κ3) is 2.56. The van der Waals surface area contributed by atoms with Crippen LogP contribution in [0.5, 0.6) is 0 Å². The van der Waals surface area contributed by atoms with Crippen molar-refractivity contribution in [1.29, 1.82) is 0 Å². The van der Waals surface area contributed by atoms with E-state index < -0.39 is 0 Å². The van der Waals surface area contributed by atoms with Crippen molar-refractivity contribution in [3.05, 3.63) is 41.0 Å². The lowest BCUT2D eigenvalue weighted by atomic mass is 10.1. The first-order valence-corrected chi connectivity index (χ1v) is 6.89. The van der Waals surface area contributed by atoms with Gasteiger partial charge in [0.1, 0.15) is 0 Å². The van der Waals surface area contributed by atoms with Gasteiger partial charge in [0.05, 0.1) is 15.6 Å². The molecule has 17 heavy (non-hydrogen) atoms. The second-order valence-electron chi connectivity index (χ2n) is 4.53. The summed E-state index contributed by atoms with van der Waals surface area (Å²) in [4.78, 5) is 5.96. The van der Waals surface area contributed by atoms with Gasteiger partial charge in [0, 0.05) is 12.6 Å². The predicted octanol–water partition coefficient (Wildman–Crippen LogP) is 3.37. The average Bonchev–Trinajstić information content (AvgIpc) is 3.11. The van der Waals surface area contributed by atoms with Crippen molar-refractivity contribution in [2.45, 2.75) is 32.4 Å².